The molecule has 0 bridgehead atoms. The number of hydrogen-bond acceptors (Lipinski definition) is 4. The van der Waals surface area contributed by atoms with Crippen LogP contribution in [0.2, 0.25) is 0 Å². The summed E-state index contributed by atoms with van der Waals surface area (Å²) in [5.74, 6) is -1.50. The maximum atomic E-state index is 12.7. The van der Waals surface area contributed by atoms with Crippen LogP contribution in [0.1, 0.15) is 35.2 Å². The van der Waals surface area contributed by atoms with Crippen molar-refractivity contribution in [1.29, 1.82) is 0 Å². The Hall–Kier alpha value is -2.99. The number of hydrogen-bond donors (Lipinski definition) is 2. The summed E-state index contributed by atoms with van der Waals surface area (Å²) >= 11 is 0. The molecule has 1 amide bonds. The Labute approximate surface area is 169 Å². The van der Waals surface area contributed by atoms with Crippen molar-refractivity contribution in [2.75, 3.05) is 13.1 Å². The van der Waals surface area contributed by atoms with E-state index in [0.717, 1.165) is 5.56 Å². The monoisotopic (exact) mass is 395 g/mol. The Bertz CT molecular complexity index is 867. The van der Waals surface area contributed by atoms with Gasteiger partial charge < -0.3 is 15.1 Å². The number of carboxylic acid groups (broad SMARTS) is 1. The minimum Gasteiger partial charge on any atom is -0.481 e. The number of aliphatic carboxylic acids is 1. The molecule has 3 rings (SSSR count). The maximum Gasteiger partial charge on any atom is 0.314 e. The number of aliphatic hydroxyl groups is 1. The van der Waals surface area contributed by atoms with Gasteiger partial charge in [0, 0.05) is 31.5 Å². The summed E-state index contributed by atoms with van der Waals surface area (Å²) in [6.45, 7) is 0.208. The SMILES string of the molecule is O=C(CCC(=O)N1CC[C@@H](O)[C@](Cc2ccccc2)(C(=O)O)C1)c1ccccc1. The summed E-state index contributed by atoms with van der Waals surface area (Å²) in [5, 5.41) is 20.5. The van der Waals surface area contributed by atoms with Crippen LogP contribution in [0.25, 0.3) is 0 Å². The molecule has 0 aliphatic carbocycles. The molecule has 1 aliphatic rings. The predicted octanol–water partition coefficient (Wildman–Crippen LogP) is 2.56. The van der Waals surface area contributed by atoms with E-state index in [1.165, 1.54) is 4.90 Å². The van der Waals surface area contributed by atoms with E-state index in [-0.39, 0.29) is 50.5 Å². The molecule has 0 unspecified atom stereocenters. The number of amides is 1. The van der Waals surface area contributed by atoms with Crippen LogP contribution in [0.5, 0.6) is 0 Å². The van der Waals surface area contributed by atoms with E-state index < -0.39 is 17.5 Å². The molecule has 0 aromatic heterocycles. The highest BCUT2D eigenvalue weighted by Crippen LogP contribution is 2.35. The number of benzene rings is 2. The highest BCUT2D eigenvalue weighted by molar-refractivity contribution is 5.98. The molecule has 1 heterocycles. The second-order valence-corrected chi connectivity index (χ2v) is 7.53. The fourth-order valence-electron chi connectivity index (χ4n) is 3.86. The van der Waals surface area contributed by atoms with E-state index >= 15 is 0 Å². The smallest absolute Gasteiger partial charge is 0.314 e. The van der Waals surface area contributed by atoms with Gasteiger partial charge in [0.2, 0.25) is 5.91 Å². The predicted molar refractivity (Wildman–Crippen MR) is 107 cm³/mol. The third-order valence-electron chi connectivity index (χ3n) is 5.59. The molecule has 1 fully saturated rings. The van der Waals surface area contributed by atoms with Crippen LogP contribution in [-0.4, -0.2) is 52.0 Å². The largest absolute Gasteiger partial charge is 0.481 e. The second-order valence-electron chi connectivity index (χ2n) is 7.53. The van der Waals surface area contributed by atoms with Gasteiger partial charge >= 0.3 is 5.97 Å². The Morgan fingerprint density at radius 1 is 0.966 bits per heavy atom. The van der Waals surface area contributed by atoms with E-state index in [0.29, 0.717) is 5.56 Å². The number of carboxylic acids is 1. The van der Waals surface area contributed by atoms with Crippen LogP contribution in [0.3, 0.4) is 0 Å². The minimum absolute atomic E-state index is 0.0187. The number of aliphatic hydroxyl groups excluding tert-OH is 1. The van der Waals surface area contributed by atoms with Crippen molar-refractivity contribution in [2.24, 2.45) is 5.41 Å². The minimum atomic E-state index is -1.46. The van der Waals surface area contributed by atoms with Crippen molar-refractivity contribution in [1.82, 2.24) is 4.90 Å². The van der Waals surface area contributed by atoms with Crippen LogP contribution in [0.15, 0.2) is 60.7 Å². The summed E-state index contributed by atoms with van der Waals surface area (Å²) < 4.78 is 0. The third kappa shape index (κ3) is 4.71. The van der Waals surface area contributed by atoms with Crippen molar-refractivity contribution in [2.45, 2.75) is 31.8 Å². The molecule has 2 aromatic carbocycles. The summed E-state index contributed by atoms with van der Waals surface area (Å²) in [7, 11) is 0. The number of ketones is 1. The molecule has 2 N–H and O–H groups in total. The van der Waals surface area contributed by atoms with Gasteiger partial charge in [-0.2, -0.15) is 0 Å². The molecule has 152 valence electrons. The fourth-order valence-corrected chi connectivity index (χ4v) is 3.86. The highest BCUT2D eigenvalue weighted by atomic mass is 16.4. The van der Waals surface area contributed by atoms with Gasteiger partial charge in [-0.05, 0) is 18.4 Å². The quantitative estimate of drug-likeness (QED) is 0.703. The first kappa shape index (κ1) is 20.7. The van der Waals surface area contributed by atoms with Gasteiger partial charge in [0.05, 0.1) is 6.10 Å². The van der Waals surface area contributed by atoms with Gasteiger partial charge in [0.1, 0.15) is 5.41 Å². The van der Waals surface area contributed by atoms with Gasteiger partial charge in [-0.25, -0.2) is 0 Å². The summed E-state index contributed by atoms with van der Waals surface area (Å²) in [6, 6.07) is 17.9. The lowest BCUT2D eigenvalue weighted by atomic mass is 9.72. The zero-order chi connectivity index (χ0) is 20.9. The molecule has 2 aromatic rings. The maximum absolute atomic E-state index is 12.7. The van der Waals surface area contributed by atoms with Crippen LogP contribution in [0.4, 0.5) is 0 Å². The lowest BCUT2D eigenvalue weighted by molar-refractivity contribution is -0.165. The van der Waals surface area contributed by atoms with Crippen molar-refractivity contribution >= 4 is 17.7 Å². The second kappa shape index (κ2) is 9.01. The Kier molecular flexibility index (Phi) is 6.44. The third-order valence-corrected chi connectivity index (χ3v) is 5.59. The summed E-state index contributed by atoms with van der Waals surface area (Å²) in [5.41, 5.74) is -0.112. The number of carbonyl (C=O) groups excluding carboxylic acids is 2. The van der Waals surface area contributed by atoms with Crippen LogP contribution >= 0.6 is 0 Å². The lowest BCUT2D eigenvalue weighted by Crippen LogP contribution is -2.58. The number of piperidine rings is 1. The molecule has 29 heavy (non-hydrogen) atoms. The number of Topliss-reactive ketones (excluding diaryl/α,β-unsaturated/α-hetero) is 1. The van der Waals surface area contributed by atoms with Crippen molar-refractivity contribution < 1.29 is 24.6 Å². The number of nitrogens with zero attached hydrogens (tertiary/aromatic N) is 1. The molecular formula is C23H25NO5. The van der Waals surface area contributed by atoms with E-state index in [1.807, 2.05) is 36.4 Å². The Balaban J connectivity index is 1.69. The average Bonchev–Trinajstić information content (AvgIpc) is 2.74. The molecule has 2 atom stereocenters. The first-order valence-electron chi connectivity index (χ1n) is 9.74. The zero-order valence-electron chi connectivity index (χ0n) is 16.2. The zero-order valence-corrected chi connectivity index (χ0v) is 16.2. The average molecular weight is 395 g/mol. The van der Waals surface area contributed by atoms with Gasteiger partial charge in [-0.15, -0.1) is 0 Å². The first-order valence-corrected chi connectivity index (χ1v) is 9.74. The highest BCUT2D eigenvalue weighted by Gasteiger charge is 2.50. The van der Waals surface area contributed by atoms with Gasteiger partial charge in [-0.1, -0.05) is 60.7 Å². The molecule has 6 nitrogen and oxygen atoms in total. The normalized spacial score (nSPS) is 21.6. The summed E-state index contributed by atoms with van der Waals surface area (Å²) in [4.78, 5) is 38.6. The Morgan fingerprint density at radius 2 is 1.59 bits per heavy atom. The van der Waals surface area contributed by atoms with Crippen LogP contribution < -0.4 is 0 Å². The molecule has 1 aliphatic heterocycles. The molecule has 0 saturated carbocycles. The molecule has 1 saturated heterocycles. The lowest BCUT2D eigenvalue weighted by Gasteiger charge is -2.43. The van der Waals surface area contributed by atoms with E-state index in [9.17, 15) is 24.6 Å². The number of carbonyl (C=O) groups is 3. The first-order chi connectivity index (χ1) is 13.9. The topological polar surface area (TPSA) is 94.9 Å². The van der Waals surface area contributed by atoms with E-state index in [2.05, 4.69) is 0 Å². The van der Waals surface area contributed by atoms with Crippen LogP contribution in [-0.2, 0) is 16.0 Å². The van der Waals surface area contributed by atoms with Crippen molar-refractivity contribution in [3.63, 3.8) is 0 Å². The van der Waals surface area contributed by atoms with Crippen molar-refractivity contribution in [3.05, 3.63) is 71.8 Å². The van der Waals surface area contributed by atoms with Gasteiger partial charge in [-0.3, -0.25) is 14.4 Å². The number of likely N-dealkylation sites (tertiary alicyclic amines) is 1. The molecule has 0 spiro atoms. The molecule has 0 radical (unpaired) electrons. The standard InChI is InChI=1S/C23H25NO5/c25-19(18-9-5-2-6-10-18)11-12-21(27)24-14-13-20(26)23(16-24,22(28)29)15-17-7-3-1-4-8-17/h1-10,20,26H,11-16H2,(H,28,29)/t20-,23-/m1/s1. The van der Waals surface area contributed by atoms with E-state index in [4.69, 9.17) is 0 Å². The Morgan fingerprint density at radius 3 is 2.21 bits per heavy atom. The number of rotatable bonds is 7. The van der Waals surface area contributed by atoms with Crippen molar-refractivity contribution in [3.8, 4) is 0 Å². The fraction of sp³-hybridized carbons (Fsp3) is 0.348. The molecule has 6 heteroatoms. The van der Waals surface area contributed by atoms with E-state index in [1.54, 1.807) is 24.3 Å². The van der Waals surface area contributed by atoms with Gasteiger partial charge in [0.25, 0.3) is 0 Å². The molecular weight excluding hydrogens is 370 g/mol. The van der Waals surface area contributed by atoms with Crippen LogP contribution in [0, 0.1) is 5.41 Å². The summed E-state index contributed by atoms with van der Waals surface area (Å²) in [6.07, 6.45) is -0.629. The van der Waals surface area contributed by atoms with Gasteiger partial charge in [0.15, 0.2) is 5.78 Å².